The summed E-state index contributed by atoms with van der Waals surface area (Å²) in [6, 6.07) is 10.1. The number of aryl methyl sites for hydroxylation is 1. The van der Waals surface area contributed by atoms with Crippen molar-refractivity contribution in [3.8, 4) is 0 Å². The van der Waals surface area contributed by atoms with Gasteiger partial charge >= 0.3 is 12.1 Å². The van der Waals surface area contributed by atoms with E-state index in [2.05, 4.69) is 20.9 Å². The van der Waals surface area contributed by atoms with Crippen molar-refractivity contribution in [2.75, 3.05) is 13.2 Å². The molecule has 2 N–H and O–H groups in total. The number of carbonyl (C=O) groups is 3. The first-order valence-corrected chi connectivity index (χ1v) is 11.6. The number of esters is 1. The number of hydrogen-bond donors (Lipinski definition) is 2. The second-order valence-electron chi connectivity index (χ2n) is 8.12. The van der Waals surface area contributed by atoms with Gasteiger partial charge < -0.3 is 15.4 Å². The van der Waals surface area contributed by atoms with Crippen LogP contribution in [0.2, 0.25) is 0 Å². The van der Waals surface area contributed by atoms with E-state index in [1.54, 1.807) is 6.92 Å². The lowest BCUT2D eigenvalue weighted by atomic mass is 10.1. The minimum atomic E-state index is -4.73. The Kier molecular flexibility index (Phi) is 9.52. The SMILES string of the molecule is CCOC(=O)[C@H](CCc1ccccc1)NC(=O)c1cn(CCNC(=O)c2ccc(C(F)(F)F)cc2F)nn1. The number of rotatable bonds is 11. The van der Waals surface area contributed by atoms with Crippen molar-refractivity contribution in [3.63, 3.8) is 0 Å². The first-order valence-electron chi connectivity index (χ1n) is 11.6. The van der Waals surface area contributed by atoms with E-state index >= 15 is 0 Å². The molecule has 1 heterocycles. The third kappa shape index (κ3) is 7.85. The quantitative estimate of drug-likeness (QED) is 0.288. The van der Waals surface area contributed by atoms with Gasteiger partial charge in [-0.1, -0.05) is 35.5 Å². The highest BCUT2D eigenvalue weighted by atomic mass is 19.4. The molecule has 202 valence electrons. The average Bonchev–Trinajstić information content (AvgIpc) is 3.35. The summed E-state index contributed by atoms with van der Waals surface area (Å²) in [5.74, 6) is -3.45. The molecule has 0 aliphatic heterocycles. The molecule has 1 aromatic heterocycles. The fourth-order valence-corrected chi connectivity index (χ4v) is 3.45. The van der Waals surface area contributed by atoms with Gasteiger partial charge in [0.05, 0.1) is 30.5 Å². The zero-order chi connectivity index (χ0) is 27.7. The van der Waals surface area contributed by atoms with E-state index in [1.807, 2.05) is 30.3 Å². The topological polar surface area (TPSA) is 115 Å². The van der Waals surface area contributed by atoms with Crippen molar-refractivity contribution in [2.24, 2.45) is 0 Å². The van der Waals surface area contributed by atoms with Crippen LogP contribution in [0.4, 0.5) is 17.6 Å². The molecule has 38 heavy (non-hydrogen) atoms. The number of hydrogen-bond acceptors (Lipinski definition) is 6. The van der Waals surface area contributed by atoms with Gasteiger partial charge in [-0.3, -0.25) is 9.59 Å². The van der Waals surface area contributed by atoms with Crippen LogP contribution in [0.1, 0.15) is 45.3 Å². The van der Waals surface area contributed by atoms with Gasteiger partial charge in [-0.25, -0.2) is 13.9 Å². The standard InChI is InChI=1S/C25H25F4N5O4/c1-2-38-24(37)20(11-8-16-6-4-3-5-7-16)31-23(36)21-15-34(33-32-21)13-12-30-22(35)18-10-9-17(14-19(18)26)25(27,28)29/h3-7,9-10,14-15,20H,2,8,11-13H2,1H3,(H,30,35)(H,31,36)/t20-/m0/s1. The number of aromatic nitrogens is 3. The molecule has 13 heteroatoms. The molecule has 0 saturated carbocycles. The fourth-order valence-electron chi connectivity index (χ4n) is 3.45. The van der Waals surface area contributed by atoms with Gasteiger partial charge in [-0.15, -0.1) is 5.10 Å². The highest BCUT2D eigenvalue weighted by molar-refractivity contribution is 5.95. The van der Waals surface area contributed by atoms with Gasteiger partial charge in [-0.05, 0) is 43.5 Å². The molecule has 3 aromatic rings. The summed E-state index contributed by atoms with van der Waals surface area (Å²) < 4.78 is 58.3. The van der Waals surface area contributed by atoms with Crippen molar-refractivity contribution < 1.29 is 36.7 Å². The highest BCUT2D eigenvalue weighted by Crippen LogP contribution is 2.30. The number of halogens is 4. The lowest BCUT2D eigenvalue weighted by Gasteiger charge is -2.16. The minimum absolute atomic E-state index is 0.0313. The summed E-state index contributed by atoms with van der Waals surface area (Å²) in [6.45, 7) is 1.76. The molecule has 2 amide bonds. The van der Waals surface area contributed by atoms with Crippen molar-refractivity contribution in [2.45, 2.75) is 38.5 Å². The van der Waals surface area contributed by atoms with Gasteiger partial charge in [0, 0.05) is 6.54 Å². The first kappa shape index (κ1) is 28.3. The number of alkyl halides is 3. The minimum Gasteiger partial charge on any atom is -0.464 e. The van der Waals surface area contributed by atoms with E-state index in [0.717, 1.165) is 11.6 Å². The zero-order valence-electron chi connectivity index (χ0n) is 20.3. The van der Waals surface area contributed by atoms with Crippen LogP contribution in [0, 0.1) is 5.82 Å². The van der Waals surface area contributed by atoms with E-state index in [9.17, 15) is 31.9 Å². The van der Waals surface area contributed by atoms with Crippen LogP contribution in [-0.4, -0.2) is 52.0 Å². The molecule has 0 fully saturated rings. The number of nitrogens with one attached hydrogen (secondary N) is 2. The molecular weight excluding hydrogens is 510 g/mol. The molecular formula is C25H25F4N5O4. The lowest BCUT2D eigenvalue weighted by Crippen LogP contribution is -2.42. The summed E-state index contributed by atoms with van der Waals surface area (Å²) in [7, 11) is 0. The highest BCUT2D eigenvalue weighted by Gasteiger charge is 2.31. The van der Waals surface area contributed by atoms with Crippen LogP contribution in [0.25, 0.3) is 0 Å². The van der Waals surface area contributed by atoms with Gasteiger partial charge in [0.15, 0.2) is 5.69 Å². The van der Waals surface area contributed by atoms with Gasteiger partial charge in [0.1, 0.15) is 11.9 Å². The molecule has 0 spiro atoms. The molecule has 1 atom stereocenters. The number of ether oxygens (including phenoxy) is 1. The first-order chi connectivity index (χ1) is 18.1. The largest absolute Gasteiger partial charge is 0.464 e. The Bertz CT molecular complexity index is 1260. The number of benzene rings is 2. The van der Waals surface area contributed by atoms with E-state index in [4.69, 9.17) is 4.74 Å². The second kappa shape index (κ2) is 12.8. The molecule has 2 aromatic carbocycles. The van der Waals surface area contributed by atoms with Crippen molar-refractivity contribution in [1.29, 1.82) is 0 Å². The van der Waals surface area contributed by atoms with Gasteiger partial charge in [-0.2, -0.15) is 13.2 Å². The maximum Gasteiger partial charge on any atom is 0.416 e. The summed E-state index contributed by atoms with van der Waals surface area (Å²) in [6.07, 6.45) is -2.61. The van der Waals surface area contributed by atoms with Crippen LogP contribution < -0.4 is 10.6 Å². The third-order valence-electron chi connectivity index (χ3n) is 5.38. The van der Waals surface area contributed by atoms with Crippen molar-refractivity contribution >= 4 is 17.8 Å². The van der Waals surface area contributed by atoms with E-state index in [0.29, 0.717) is 18.9 Å². The number of carbonyl (C=O) groups excluding carboxylic acids is 3. The zero-order valence-corrected chi connectivity index (χ0v) is 20.3. The van der Waals surface area contributed by atoms with E-state index < -0.39 is 46.9 Å². The molecule has 0 aliphatic carbocycles. The van der Waals surface area contributed by atoms with E-state index in [-0.39, 0.29) is 31.5 Å². The molecule has 0 bridgehead atoms. The Balaban J connectivity index is 1.54. The molecule has 0 unspecified atom stereocenters. The monoisotopic (exact) mass is 535 g/mol. The predicted molar refractivity (Wildman–Crippen MR) is 126 cm³/mol. The molecule has 0 aliphatic rings. The summed E-state index contributed by atoms with van der Waals surface area (Å²) in [5, 5.41) is 12.5. The van der Waals surface area contributed by atoms with Crippen LogP contribution >= 0.6 is 0 Å². The predicted octanol–water partition coefficient (Wildman–Crippen LogP) is 3.16. The second-order valence-corrected chi connectivity index (χ2v) is 8.12. The van der Waals surface area contributed by atoms with Crippen LogP contribution in [0.15, 0.2) is 54.7 Å². The Morgan fingerprint density at radius 3 is 2.47 bits per heavy atom. The Morgan fingerprint density at radius 1 is 1.08 bits per heavy atom. The Labute approximate surface area is 215 Å². The smallest absolute Gasteiger partial charge is 0.416 e. The molecule has 0 saturated heterocycles. The Morgan fingerprint density at radius 2 is 1.82 bits per heavy atom. The third-order valence-corrected chi connectivity index (χ3v) is 5.38. The van der Waals surface area contributed by atoms with Crippen molar-refractivity contribution in [1.82, 2.24) is 25.6 Å². The molecule has 9 nitrogen and oxygen atoms in total. The number of amides is 2. The maximum atomic E-state index is 14.0. The average molecular weight is 535 g/mol. The summed E-state index contributed by atoms with van der Waals surface area (Å²) in [4.78, 5) is 37.2. The van der Waals surface area contributed by atoms with Gasteiger partial charge in [0.2, 0.25) is 0 Å². The summed E-state index contributed by atoms with van der Waals surface area (Å²) in [5.41, 5.74) is -0.846. The Hall–Kier alpha value is -4.29. The fraction of sp³-hybridized carbons (Fsp3) is 0.320. The van der Waals surface area contributed by atoms with Crippen molar-refractivity contribution in [3.05, 3.63) is 82.9 Å². The summed E-state index contributed by atoms with van der Waals surface area (Å²) >= 11 is 0. The van der Waals surface area contributed by atoms with Crippen LogP contribution in [0.3, 0.4) is 0 Å². The molecule has 0 radical (unpaired) electrons. The maximum absolute atomic E-state index is 14.0. The lowest BCUT2D eigenvalue weighted by molar-refractivity contribution is -0.145. The number of nitrogens with zero attached hydrogens (tertiary/aromatic N) is 3. The molecule has 3 rings (SSSR count). The van der Waals surface area contributed by atoms with E-state index in [1.165, 1.54) is 10.9 Å². The normalized spacial score (nSPS) is 12.0. The van der Waals surface area contributed by atoms with Crippen LogP contribution in [-0.2, 0) is 28.7 Å². The van der Waals surface area contributed by atoms with Gasteiger partial charge in [0.25, 0.3) is 11.8 Å². The van der Waals surface area contributed by atoms with Crippen LogP contribution in [0.5, 0.6) is 0 Å².